The van der Waals surface area contributed by atoms with Crippen LogP contribution in [0.3, 0.4) is 0 Å². The van der Waals surface area contributed by atoms with E-state index in [0.717, 1.165) is 25.3 Å². The maximum atomic E-state index is 11.2. The highest BCUT2D eigenvalue weighted by atomic mass is 16.5. The van der Waals surface area contributed by atoms with E-state index in [-0.39, 0.29) is 12.0 Å². The van der Waals surface area contributed by atoms with Gasteiger partial charge in [0, 0.05) is 19.6 Å². The van der Waals surface area contributed by atoms with Crippen molar-refractivity contribution >= 4 is 5.97 Å². The van der Waals surface area contributed by atoms with Crippen molar-refractivity contribution in [1.29, 1.82) is 0 Å². The molecule has 1 N–H and O–H groups in total. The molecule has 1 aromatic rings. The van der Waals surface area contributed by atoms with Crippen molar-refractivity contribution in [2.75, 3.05) is 13.1 Å². The predicted octanol–water partition coefficient (Wildman–Crippen LogP) is 3.02. The van der Waals surface area contributed by atoms with Crippen molar-refractivity contribution in [3.05, 3.63) is 29.8 Å². The third-order valence-corrected chi connectivity index (χ3v) is 3.79. The second-order valence-corrected chi connectivity index (χ2v) is 6.38. The molecular formula is C17H25NO3. The lowest BCUT2D eigenvalue weighted by molar-refractivity contribution is -0.144. The van der Waals surface area contributed by atoms with Crippen LogP contribution in [0.1, 0.15) is 32.8 Å². The van der Waals surface area contributed by atoms with Crippen LogP contribution in [0.15, 0.2) is 24.3 Å². The number of benzene rings is 1. The SMILES string of the molecule is CC1CC(C(=O)O)CN(Cc2ccc(OC(C)C)cc2)C1. The number of ether oxygens (including phenoxy) is 1. The molecule has 2 unspecified atom stereocenters. The minimum atomic E-state index is -0.674. The van der Waals surface area contributed by atoms with Crippen molar-refractivity contribution in [1.82, 2.24) is 4.90 Å². The van der Waals surface area contributed by atoms with Gasteiger partial charge >= 0.3 is 5.97 Å². The molecule has 21 heavy (non-hydrogen) atoms. The van der Waals surface area contributed by atoms with Crippen molar-refractivity contribution < 1.29 is 14.6 Å². The fourth-order valence-electron chi connectivity index (χ4n) is 2.97. The Bertz CT molecular complexity index is 469. The summed E-state index contributed by atoms with van der Waals surface area (Å²) in [5, 5.41) is 9.22. The lowest BCUT2D eigenvalue weighted by Gasteiger charge is -2.34. The first kappa shape index (κ1) is 15.8. The molecule has 116 valence electrons. The van der Waals surface area contributed by atoms with Gasteiger partial charge in [-0.1, -0.05) is 19.1 Å². The molecule has 0 radical (unpaired) electrons. The molecule has 0 aliphatic carbocycles. The van der Waals surface area contributed by atoms with Crippen LogP contribution in [0, 0.1) is 11.8 Å². The smallest absolute Gasteiger partial charge is 0.307 e. The lowest BCUT2D eigenvalue weighted by atomic mass is 9.90. The molecule has 2 atom stereocenters. The van der Waals surface area contributed by atoms with Gasteiger partial charge < -0.3 is 9.84 Å². The van der Waals surface area contributed by atoms with Gasteiger partial charge in [-0.05, 0) is 43.9 Å². The van der Waals surface area contributed by atoms with Gasteiger partial charge in [0.2, 0.25) is 0 Å². The molecule has 2 rings (SSSR count). The van der Waals surface area contributed by atoms with E-state index < -0.39 is 5.97 Å². The average Bonchev–Trinajstić information content (AvgIpc) is 2.39. The molecule has 1 aromatic carbocycles. The van der Waals surface area contributed by atoms with E-state index in [4.69, 9.17) is 4.74 Å². The summed E-state index contributed by atoms with van der Waals surface area (Å²) < 4.78 is 5.63. The van der Waals surface area contributed by atoms with Gasteiger partial charge in [0.25, 0.3) is 0 Å². The van der Waals surface area contributed by atoms with Gasteiger partial charge in [0.05, 0.1) is 12.0 Å². The molecule has 4 nitrogen and oxygen atoms in total. The van der Waals surface area contributed by atoms with Crippen molar-refractivity contribution in [3.8, 4) is 5.75 Å². The highest BCUT2D eigenvalue weighted by Gasteiger charge is 2.29. The molecule has 0 saturated carbocycles. The number of aliphatic carboxylic acids is 1. The zero-order valence-electron chi connectivity index (χ0n) is 13.1. The quantitative estimate of drug-likeness (QED) is 0.906. The second kappa shape index (κ2) is 6.94. The first-order chi connectivity index (χ1) is 9.94. The van der Waals surface area contributed by atoms with Gasteiger partial charge in [-0.15, -0.1) is 0 Å². The van der Waals surface area contributed by atoms with E-state index in [1.807, 2.05) is 26.0 Å². The van der Waals surface area contributed by atoms with Gasteiger partial charge in [-0.25, -0.2) is 0 Å². The largest absolute Gasteiger partial charge is 0.491 e. The van der Waals surface area contributed by atoms with Crippen molar-refractivity contribution in [2.45, 2.75) is 39.8 Å². The standard InChI is InChI=1S/C17H25NO3/c1-12(2)21-16-6-4-14(5-7-16)10-18-9-13(3)8-15(11-18)17(19)20/h4-7,12-13,15H,8-11H2,1-3H3,(H,19,20). The number of hydrogen-bond acceptors (Lipinski definition) is 3. The molecule has 4 heteroatoms. The summed E-state index contributed by atoms with van der Waals surface area (Å²) in [4.78, 5) is 13.4. The molecule has 1 aliphatic rings. The van der Waals surface area contributed by atoms with Gasteiger partial charge in [0.15, 0.2) is 0 Å². The second-order valence-electron chi connectivity index (χ2n) is 6.38. The first-order valence-electron chi connectivity index (χ1n) is 7.64. The van der Waals surface area contributed by atoms with Crippen LogP contribution >= 0.6 is 0 Å². The van der Waals surface area contributed by atoms with E-state index in [0.29, 0.717) is 12.5 Å². The molecule has 1 fully saturated rings. The average molecular weight is 291 g/mol. The zero-order valence-corrected chi connectivity index (χ0v) is 13.1. The molecule has 0 aromatic heterocycles. The Morgan fingerprint density at radius 1 is 1.33 bits per heavy atom. The topological polar surface area (TPSA) is 49.8 Å². The van der Waals surface area contributed by atoms with E-state index in [2.05, 4.69) is 24.0 Å². The number of likely N-dealkylation sites (tertiary alicyclic amines) is 1. The zero-order chi connectivity index (χ0) is 15.4. The third-order valence-electron chi connectivity index (χ3n) is 3.79. The Balaban J connectivity index is 1.95. The number of carboxylic acid groups (broad SMARTS) is 1. The Kier molecular flexibility index (Phi) is 5.23. The van der Waals surface area contributed by atoms with E-state index in [9.17, 15) is 9.90 Å². The Morgan fingerprint density at radius 2 is 2.00 bits per heavy atom. The summed E-state index contributed by atoms with van der Waals surface area (Å²) in [6, 6.07) is 8.09. The van der Waals surface area contributed by atoms with Crippen LogP contribution in [-0.4, -0.2) is 35.2 Å². The molecule has 0 amide bonds. The Morgan fingerprint density at radius 3 is 2.57 bits per heavy atom. The maximum absolute atomic E-state index is 11.2. The fourth-order valence-corrected chi connectivity index (χ4v) is 2.97. The molecule has 0 spiro atoms. The monoisotopic (exact) mass is 291 g/mol. The van der Waals surface area contributed by atoms with Crippen LogP contribution in [-0.2, 0) is 11.3 Å². The van der Waals surface area contributed by atoms with Gasteiger partial charge in [-0.3, -0.25) is 9.69 Å². The maximum Gasteiger partial charge on any atom is 0.307 e. The highest BCUT2D eigenvalue weighted by molar-refractivity contribution is 5.70. The van der Waals surface area contributed by atoms with Crippen molar-refractivity contribution in [2.24, 2.45) is 11.8 Å². The van der Waals surface area contributed by atoms with Crippen LogP contribution in [0.4, 0.5) is 0 Å². The third kappa shape index (κ3) is 4.74. The van der Waals surface area contributed by atoms with Crippen LogP contribution in [0.5, 0.6) is 5.75 Å². The van der Waals surface area contributed by atoms with Gasteiger partial charge in [-0.2, -0.15) is 0 Å². The number of piperidine rings is 1. The van der Waals surface area contributed by atoms with Crippen LogP contribution in [0.2, 0.25) is 0 Å². The molecule has 1 aliphatic heterocycles. The summed E-state index contributed by atoms with van der Waals surface area (Å²) in [6.07, 6.45) is 0.961. The summed E-state index contributed by atoms with van der Waals surface area (Å²) in [6.45, 7) is 8.56. The van der Waals surface area contributed by atoms with E-state index >= 15 is 0 Å². The number of nitrogens with zero attached hydrogens (tertiary/aromatic N) is 1. The number of carbonyl (C=O) groups is 1. The fraction of sp³-hybridized carbons (Fsp3) is 0.588. The highest BCUT2D eigenvalue weighted by Crippen LogP contribution is 2.24. The first-order valence-corrected chi connectivity index (χ1v) is 7.64. The normalized spacial score (nSPS) is 23.2. The molecule has 1 heterocycles. The number of carboxylic acids is 1. The lowest BCUT2D eigenvalue weighted by Crippen LogP contribution is -2.41. The summed E-state index contributed by atoms with van der Waals surface area (Å²) in [5.41, 5.74) is 1.20. The minimum absolute atomic E-state index is 0.176. The van der Waals surface area contributed by atoms with Crippen LogP contribution in [0.25, 0.3) is 0 Å². The molecule has 0 bridgehead atoms. The molecule has 1 saturated heterocycles. The van der Waals surface area contributed by atoms with Crippen molar-refractivity contribution in [3.63, 3.8) is 0 Å². The van der Waals surface area contributed by atoms with E-state index in [1.54, 1.807) is 0 Å². The number of hydrogen-bond donors (Lipinski definition) is 1. The Hall–Kier alpha value is -1.55. The Labute approximate surface area is 126 Å². The molecular weight excluding hydrogens is 266 g/mol. The van der Waals surface area contributed by atoms with Gasteiger partial charge in [0.1, 0.15) is 5.75 Å². The predicted molar refractivity (Wildman–Crippen MR) is 82.4 cm³/mol. The summed E-state index contributed by atoms with van der Waals surface area (Å²) in [7, 11) is 0. The minimum Gasteiger partial charge on any atom is -0.491 e. The van der Waals surface area contributed by atoms with E-state index in [1.165, 1.54) is 5.56 Å². The van der Waals surface area contributed by atoms with Crippen LogP contribution < -0.4 is 4.74 Å². The summed E-state index contributed by atoms with van der Waals surface area (Å²) in [5.74, 6) is 0.400. The number of rotatable bonds is 5. The summed E-state index contributed by atoms with van der Waals surface area (Å²) >= 11 is 0.